The summed E-state index contributed by atoms with van der Waals surface area (Å²) in [6, 6.07) is 7.19. The average molecular weight is 353 g/mol. The summed E-state index contributed by atoms with van der Waals surface area (Å²) in [5, 5.41) is 13.8. The van der Waals surface area contributed by atoms with E-state index in [0.717, 1.165) is 6.07 Å². The topological polar surface area (TPSA) is 132 Å². The number of fused-ring (bicyclic) bond motifs is 2. The van der Waals surface area contributed by atoms with E-state index in [1.54, 1.807) is 19.1 Å². The highest BCUT2D eigenvalue weighted by molar-refractivity contribution is 6.32. The zero-order chi connectivity index (χ0) is 19.0. The van der Waals surface area contributed by atoms with Crippen molar-refractivity contribution < 1.29 is 19.3 Å². The molecule has 0 saturated carbocycles. The van der Waals surface area contributed by atoms with Crippen molar-refractivity contribution in [1.82, 2.24) is 0 Å². The molecule has 0 saturated heterocycles. The molecular weight excluding hydrogens is 338 g/mol. The lowest BCUT2D eigenvalue weighted by atomic mass is 9.82. The predicted molar refractivity (Wildman–Crippen MR) is 94.4 cm³/mol. The lowest BCUT2D eigenvalue weighted by Gasteiger charge is -2.21. The minimum atomic E-state index is -0.747. The van der Waals surface area contributed by atoms with Gasteiger partial charge in [0.2, 0.25) is 5.91 Å². The van der Waals surface area contributed by atoms with Crippen LogP contribution in [0.2, 0.25) is 0 Å². The van der Waals surface area contributed by atoms with Gasteiger partial charge in [0.15, 0.2) is 11.6 Å². The summed E-state index contributed by atoms with van der Waals surface area (Å²) in [6.45, 7) is 1.80. The number of rotatable bonds is 4. The van der Waals surface area contributed by atoms with Crippen LogP contribution in [0.4, 0.5) is 17.1 Å². The maximum Gasteiger partial charge on any atom is 0.295 e. The summed E-state index contributed by atoms with van der Waals surface area (Å²) in [7, 11) is 0. The summed E-state index contributed by atoms with van der Waals surface area (Å²) in [5.41, 5.74) is 4.80. The van der Waals surface area contributed by atoms with E-state index in [1.807, 2.05) is 0 Å². The number of carbonyl (C=O) groups is 3. The van der Waals surface area contributed by atoms with Gasteiger partial charge < -0.3 is 11.1 Å². The standard InChI is InChI=1S/C18H15N3O5/c1-2-5-13(22)20-11-8-12(21(25)26)16(19)15-14(11)17(23)9-6-3-4-7-10(9)18(15)24/h3-4,6-8H,2,5,19H2,1H3,(H,20,22). The summed E-state index contributed by atoms with van der Waals surface area (Å²) >= 11 is 0. The van der Waals surface area contributed by atoms with Gasteiger partial charge in [0.25, 0.3) is 5.69 Å². The van der Waals surface area contributed by atoms with E-state index in [2.05, 4.69) is 5.32 Å². The molecule has 0 aromatic heterocycles. The van der Waals surface area contributed by atoms with E-state index in [0.29, 0.717) is 6.42 Å². The Morgan fingerprint density at radius 3 is 2.27 bits per heavy atom. The summed E-state index contributed by atoms with van der Waals surface area (Å²) < 4.78 is 0. The highest BCUT2D eigenvalue weighted by Crippen LogP contribution is 2.40. The largest absolute Gasteiger partial charge is 0.393 e. The van der Waals surface area contributed by atoms with Crippen LogP contribution in [-0.2, 0) is 4.79 Å². The number of anilines is 2. The fourth-order valence-corrected chi connectivity index (χ4v) is 2.99. The van der Waals surface area contributed by atoms with Crippen LogP contribution in [-0.4, -0.2) is 22.4 Å². The van der Waals surface area contributed by atoms with Crippen LogP contribution in [0.3, 0.4) is 0 Å². The zero-order valence-corrected chi connectivity index (χ0v) is 13.9. The van der Waals surface area contributed by atoms with Crippen molar-refractivity contribution in [3.8, 4) is 0 Å². The van der Waals surface area contributed by atoms with Crippen LogP contribution in [0.1, 0.15) is 51.6 Å². The number of amides is 1. The molecule has 0 fully saturated rings. The molecule has 0 unspecified atom stereocenters. The number of nitrogen functional groups attached to an aromatic ring is 1. The van der Waals surface area contributed by atoms with Gasteiger partial charge in [0.05, 0.1) is 21.7 Å². The molecule has 0 atom stereocenters. The predicted octanol–water partition coefficient (Wildman–Crippen LogP) is 2.69. The zero-order valence-electron chi connectivity index (χ0n) is 13.9. The van der Waals surface area contributed by atoms with Crippen LogP contribution in [0, 0.1) is 10.1 Å². The molecule has 3 rings (SSSR count). The molecule has 1 amide bonds. The molecular formula is C18H15N3O5. The lowest BCUT2D eigenvalue weighted by Crippen LogP contribution is -2.25. The van der Waals surface area contributed by atoms with E-state index in [-0.39, 0.29) is 40.0 Å². The van der Waals surface area contributed by atoms with Crippen LogP contribution in [0.25, 0.3) is 0 Å². The van der Waals surface area contributed by atoms with Crippen molar-refractivity contribution in [2.75, 3.05) is 11.1 Å². The second kappa shape index (κ2) is 6.40. The van der Waals surface area contributed by atoms with Gasteiger partial charge >= 0.3 is 0 Å². The van der Waals surface area contributed by atoms with Gasteiger partial charge in [0, 0.05) is 23.6 Å². The highest BCUT2D eigenvalue weighted by Gasteiger charge is 2.37. The molecule has 0 aliphatic heterocycles. The monoisotopic (exact) mass is 353 g/mol. The maximum absolute atomic E-state index is 12.9. The molecule has 1 aliphatic rings. The van der Waals surface area contributed by atoms with Gasteiger partial charge in [0.1, 0.15) is 5.69 Å². The van der Waals surface area contributed by atoms with E-state index >= 15 is 0 Å². The first-order valence-corrected chi connectivity index (χ1v) is 7.96. The van der Waals surface area contributed by atoms with Gasteiger partial charge in [-0.25, -0.2) is 0 Å². The second-order valence-corrected chi connectivity index (χ2v) is 5.87. The number of nitrogens with one attached hydrogen (secondary N) is 1. The molecule has 0 spiro atoms. The first-order valence-electron chi connectivity index (χ1n) is 7.96. The summed E-state index contributed by atoms with van der Waals surface area (Å²) in [4.78, 5) is 48.3. The van der Waals surface area contributed by atoms with Gasteiger partial charge in [-0.05, 0) is 6.42 Å². The summed E-state index contributed by atoms with van der Waals surface area (Å²) in [5.74, 6) is -1.50. The van der Waals surface area contributed by atoms with E-state index in [4.69, 9.17) is 5.73 Å². The summed E-state index contributed by atoms with van der Waals surface area (Å²) in [6.07, 6.45) is 0.729. The maximum atomic E-state index is 12.9. The number of nitro groups is 1. The quantitative estimate of drug-likeness (QED) is 0.421. The van der Waals surface area contributed by atoms with Gasteiger partial charge in [-0.15, -0.1) is 0 Å². The van der Waals surface area contributed by atoms with E-state index < -0.39 is 28.1 Å². The molecule has 1 aliphatic carbocycles. The third-order valence-corrected chi connectivity index (χ3v) is 4.16. The normalized spacial score (nSPS) is 12.3. The smallest absolute Gasteiger partial charge is 0.295 e. The molecule has 0 heterocycles. The molecule has 3 N–H and O–H groups in total. The Hall–Kier alpha value is -3.55. The minimum absolute atomic E-state index is 0.0767. The van der Waals surface area contributed by atoms with Crippen LogP contribution >= 0.6 is 0 Å². The van der Waals surface area contributed by atoms with Crippen molar-refractivity contribution in [3.63, 3.8) is 0 Å². The Morgan fingerprint density at radius 1 is 1.15 bits per heavy atom. The average Bonchev–Trinajstić information content (AvgIpc) is 2.60. The molecule has 26 heavy (non-hydrogen) atoms. The molecule has 132 valence electrons. The number of nitrogens with two attached hydrogens (primary N) is 1. The number of benzene rings is 2. The molecule has 2 aromatic carbocycles. The number of ketones is 2. The van der Waals surface area contributed by atoms with Gasteiger partial charge in [-0.2, -0.15) is 0 Å². The van der Waals surface area contributed by atoms with Crippen molar-refractivity contribution in [1.29, 1.82) is 0 Å². The second-order valence-electron chi connectivity index (χ2n) is 5.87. The number of hydrogen-bond acceptors (Lipinski definition) is 6. The molecule has 0 radical (unpaired) electrons. The fourth-order valence-electron chi connectivity index (χ4n) is 2.99. The van der Waals surface area contributed by atoms with E-state index in [1.165, 1.54) is 12.1 Å². The Bertz CT molecular complexity index is 981. The van der Waals surface area contributed by atoms with Gasteiger partial charge in [-0.3, -0.25) is 24.5 Å². The molecule has 8 heteroatoms. The Kier molecular flexibility index (Phi) is 4.25. The first kappa shape index (κ1) is 17.3. The van der Waals surface area contributed by atoms with Crippen molar-refractivity contribution in [2.24, 2.45) is 0 Å². The number of nitro benzene ring substituents is 1. The van der Waals surface area contributed by atoms with Crippen molar-refractivity contribution in [3.05, 3.63) is 62.7 Å². The van der Waals surface area contributed by atoms with Crippen LogP contribution in [0.15, 0.2) is 30.3 Å². The molecule has 0 bridgehead atoms. The van der Waals surface area contributed by atoms with Crippen LogP contribution in [0.5, 0.6) is 0 Å². The number of carbonyl (C=O) groups excluding carboxylic acids is 3. The van der Waals surface area contributed by atoms with Gasteiger partial charge in [-0.1, -0.05) is 31.2 Å². The fraction of sp³-hybridized carbons (Fsp3) is 0.167. The Labute approximate surface area is 148 Å². The molecule has 8 nitrogen and oxygen atoms in total. The Balaban J connectivity index is 2.29. The number of nitrogens with zero attached hydrogens (tertiary/aromatic N) is 1. The lowest BCUT2D eigenvalue weighted by molar-refractivity contribution is -0.383. The van der Waals surface area contributed by atoms with Crippen molar-refractivity contribution in [2.45, 2.75) is 19.8 Å². The minimum Gasteiger partial charge on any atom is -0.393 e. The third-order valence-electron chi connectivity index (χ3n) is 4.16. The first-order chi connectivity index (χ1) is 12.4. The van der Waals surface area contributed by atoms with Crippen LogP contribution < -0.4 is 11.1 Å². The molecule has 2 aromatic rings. The number of hydrogen-bond donors (Lipinski definition) is 2. The Morgan fingerprint density at radius 2 is 1.73 bits per heavy atom. The SMILES string of the molecule is CCCC(=O)Nc1cc([N+](=O)[O-])c(N)c2c1C(=O)c1ccccc1C2=O. The third kappa shape index (κ3) is 2.61. The van der Waals surface area contributed by atoms with Crippen molar-refractivity contribution >= 4 is 34.5 Å². The highest BCUT2D eigenvalue weighted by atomic mass is 16.6. The van der Waals surface area contributed by atoms with E-state index in [9.17, 15) is 24.5 Å².